The summed E-state index contributed by atoms with van der Waals surface area (Å²) in [5, 5.41) is 2.69. The number of H-pyrrole nitrogens is 1. The van der Waals surface area contributed by atoms with Crippen molar-refractivity contribution in [2.45, 2.75) is 25.3 Å². The van der Waals surface area contributed by atoms with Gasteiger partial charge in [0.05, 0.1) is 12.8 Å². The minimum atomic E-state index is -0.909. The molecule has 1 heterocycles. The van der Waals surface area contributed by atoms with Crippen molar-refractivity contribution in [2.75, 3.05) is 20.3 Å². The topological polar surface area (TPSA) is 107 Å². The van der Waals surface area contributed by atoms with Crippen LogP contribution >= 0.6 is 0 Å². The molecule has 0 aliphatic carbocycles. The second kappa shape index (κ2) is 14.2. The number of hydrogen-bond acceptors (Lipinski definition) is 6. The van der Waals surface area contributed by atoms with E-state index in [2.05, 4.69) is 23.5 Å². The van der Waals surface area contributed by atoms with Gasteiger partial charge in [-0.05, 0) is 53.9 Å². The van der Waals surface area contributed by atoms with Crippen LogP contribution < -0.4 is 14.8 Å². The number of aryl methyl sites for hydroxylation is 1. The largest absolute Gasteiger partial charge is 0.490 e. The number of carbonyl (C=O) groups is 3. The number of amides is 1. The van der Waals surface area contributed by atoms with E-state index >= 15 is 0 Å². The normalized spacial score (nSPS) is 11.2. The van der Waals surface area contributed by atoms with Crippen molar-refractivity contribution in [3.63, 3.8) is 0 Å². The van der Waals surface area contributed by atoms with Crippen LogP contribution in [-0.2, 0) is 22.4 Å². The van der Waals surface area contributed by atoms with Crippen molar-refractivity contribution in [1.82, 2.24) is 10.3 Å². The Balaban J connectivity index is 1.57. The molecule has 0 bridgehead atoms. The van der Waals surface area contributed by atoms with E-state index < -0.39 is 17.9 Å². The molecule has 1 atom stereocenters. The lowest BCUT2D eigenvalue weighted by Gasteiger charge is -2.16. The van der Waals surface area contributed by atoms with E-state index in [1.54, 1.807) is 30.4 Å². The molecule has 3 aromatic rings. The third-order valence-corrected chi connectivity index (χ3v) is 5.69. The average molecular weight is 517 g/mol. The van der Waals surface area contributed by atoms with E-state index in [1.165, 1.54) is 13.2 Å². The molecule has 2 N–H and O–H groups in total. The summed E-state index contributed by atoms with van der Waals surface area (Å²) in [5.74, 6) is 0.194. The summed E-state index contributed by atoms with van der Waals surface area (Å²) in [6, 6.07) is 16.9. The first-order valence-electron chi connectivity index (χ1n) is 12.2. The molecule has 2 aromatic carbocycles. The molecule has 0 spiro atoms. The van der Waals surface area contributed by atoms with Gasteiger partial charge >= 0.3 is 5.97 Å². The minimum Gasteiger partial charge on any atom is -0.490 e. The summed E-state index contributed by atoms with van der Waals surface area (Å²) in [6.45, 7) is 8.05. The molecular formula is C30H32N2O6. The van der Waals surface area contributed by atoms with E-state index in [1.807, 2.05) is 36.4 Å². The van der Waals surface area contributed by atoms with Gasteiger partial charge in [-0.2, -0.15) is 0 Å². The van der Waals surface area contributed by atoms with Crippen molar-refractivity contribution in [1.29, 1.82) is 0 Å². The van der Waals surface area contributed by atoms with Gasteiger partial charge in [-0.25, -0.2) is 4.79 Å². The standard InChI is InChI=1S/C30H32N2O6/c1-4-18-37-23-11-6-21(7-12-23)10-17-28(33)25-15-16-26(31-25)29(34)32-27(30(35)36-3)20-22-8-13-24(14-9-22)38-19-5-2/h4-9,11-16,27,31H,1-2,10,17-20H2,3H3,(H,32,34)/t27-/m0/s1. The van der Waals surface area contributed by atoms with Gasteiger partial charge in [0.2, 0.25) is 0 Å². The Bertz CT molecular complexity index is 1240. The molecule has 0 unspecified atom stereocenters. The molecule has 0 saturated heterocycles. The van der Waals surface area contributed by atoms with Crippen molar-refractivity contribution >= 4 is 17.7 Å². The number of ether oxygens (including phenoxy) is 3. The number of ketones is 1. The molecule has 0 radical (unpaired) electrons. The summed E-state index contributed by atoms with van der Waals surface area (Å²) in [6.07, 6.45) is 4.36. The second-order valence-electron chi connectivity index (χ2n) is 8.45. The van der Waals surface area contributed by atoms with Crippen molar-refractivity contribution in [3.8, 4) is 11.5 Å². The highest BCUT2D eigenvalue weighted by molar-refractivity contribution is 5.99. The lowest BCUT2D eigenvalue weighted by Crippen LogP contribution is -2.43. The number of hydrogen-bond donors (Lipinski definition) is 2. The Morgan fingerprint density at radius 1 is 0.842 bits per heavy atom. The van der Waals surface area contributed by atoms with Gasteiger partial charge in [0, 0.05) is 12.8 Å². The maximum atomic E-state index is 12.9. The molecule has 0 aliphatic rings. The molecular weight excluding hydrogens is 484 g/mol. The number of carbonyl (C=O) groups excluding carboxylic acids is 3. The first-order valence-corrected chi connectivity index (χ1v) is 12.2. The highest BCUT2D eigenvalue weighted by Gasteiger charge is 2.24. The Hall–Kier alpha value is -4.59. The predicted molar refractivity (Wildman–Crippen MR) is 145 cm³/mol. The van der Waals surface area contributed by atoms with Gasteiger partial charge in [-0.1, -0.05) is 49.6 Å². The summed E-state index contributed by atoms with van der Waals surface area (Å²) in [4.78, 5) is 40.8. The first-order chi connectivity index (χ1) is 18.4. The van der Waals surface area contributed by atoms with Gasteiger partial charge in [-0.15, -0.1) is 0 Å². The number of aromatic nitrogens is 1. The molecule has 8 heteroatoms. The lowest BCUT2D eigenvalue weighted by molar-refractivity contribution is -0.142. The van der Waals surface area contributed by atoms with Gasteiger partial charge < -0.3 is 24.5 Å². The summed E-state index contributed by atoms with van der Waals surface area (Å²) in [5.41, 5.74) is 2.31. The monoisotopic (exact) mass is 516 g/mol. The first kappa shape index (κ1) is 28.0. The third-order valence-electron chi connectivity index (χ3n) is 5.69. The van der Waals surface area contributed by atoms with Crippen molar-refractivity contribution in [3.05, 3.63) is 108 Å². The van der Waals surface area contributed by atoms with Crippen LogP contribution in [0.15, 0.2) is 86.0 Å². The highest BCUT2D eigenvalue weighted by atomic mass is 16.5. The molecule has 0 fully saturated rings. The number of benzene rings is 2. The summed E-state index contributed by atoms with van der Waals surface area (Å²) in [7, 11) is 1.26. The van der Waals surface area contributed by atoms with Crippen LogP contribution in [0.5, 0.6) is 11.5 Å². The number of esters is 1. The van der Waals surface area contributed by atoms with E-state index in [-0.39, 0.29) is 24.3 Å². The van der Waals surface area contributed by atoms with E-state index in [0.717, 1.165) is 16.9 Å². The van der Waals surface area contributed by atoms with Crippen LogP contribution in [0.2, 0.25) is 0 Å². The van der Waals surface area contributed by atoms with Gasteiger partial charge in [-0.3, -0.25) is 9.59 Å². The highest BCUT2D eigenvalue weighted by Crippen LogP contribution is 2.16. The predicted octanol–water partition coefficient (Wildman–Crippen LogP) is 4.47. The third kappa shape index (κ3) is 8.23. The fourth-order valence-corrected chi connectivity index (χ4v) is 3.67. The summed E-state index contributed by atoms with van der Waals surface area (Å²) >= 11 is 0. The summed E-state index contributed by atoms with van der Waals surface area (Å²) < 4.78 is 15.8. The maximum Gasteiger partial charge on any atom is 0.328 e. The number of nitrogens with one attached hydrogen (secondary N) is 2. The van der Waals surface area contributed by atoms with E-state index in [9.17, 15) is 14.4 Å². The van der Waals surface area contributed by atoms with Gasteiger partial charge in [0.1, 0.15) is 36.4 Å². The van der Waals surface area contributed by atoms with Crippen LogP contribution in [0.4, 0.5) is 0 Å². The van der Waals surface area contributed by atoms with E-state index in [4.69, 9.17) is 14.2 Å². The van der Waals surface area contributed by atoms with Crippen LogP contribution in [-0.4, -0.2) is 49.0 Å². The molecule has 3 rings (SSSR count). The average Bonchev–Trinajstić information content (AvgIpc) is 3.45. The quantitative estimate of drug-likeness (QED) is 0.175. The molecule has 8 nitrogen and oxygen atoms in total. The number of Topliss-reactive ketones (excluding diaryl/α,β-unsaturated/α-hetero) is 1. The van der Waals surface area contributed by atoms with Crippen LogP contribution in [0, 0.1) is 0 Å². The lowest BCUT2D eigenvalue weighted by atomic mass is 10.1. The zero-order valence-corrected chi connectivity index (χ0v) is 21.4. The Labute approximate surface area is 222 Å². The number of rotatable bonds is 15. The van der Waals surface area contributed by atoms with Crippen molar-refractivity contribution < 1.29 is 28.6 Å². The fourth-order valence-electron chi connectivity index (χ4n) is 3.67. The number of aromatic amines is 1. The van der Waals surface area contributed by atoms with Crippen LogP contribution in [0.25, 0.3) is 0 Å². The van der Waals surface area contributed by atoms with Crippen LogP contribution in [0.1, 0.15) is 38.5 Å². The van der Waals surface area contributed by atoms with Gasteiger partial charge in [0.15, 0.2) is 5.78 Å². The molecule has 38 heavy (non-hydrogen) atoms. The zero-order valence-electron chi connectivity index (χ0n) is 21.4. The molecule has 1 aromatic heterocycles. The molecule has 0 aliphatic heterocycles. The molecule has 1 amide bonds. The molecule has 0 saturated carbocycles. The zero-order chi connectivity index (χ0) is 27.3. The Morgan fingerprint density at radius 2 is 1.39 bits per heavy atom. The second-order valence-corrected chi connectivity index (χ2v) is 8.45. The smallest absolute Gasteiger partial charge is 0.328 e. The van der Waals surface area contributed by atoms with E-state index in [0.29, 0.717) is 31.1 Å². The fraction of sp³-hybridized carbons (Fsp3) is 0.233. The molecule has 198 valence electrons. The number of methoxy groups -OCH3 is 1. The minimum absolute atomic E-state index is 0.126. The Kier molecular flexibility index (Phi) is 10.5. The Morgan fingerprint density at radius 3 is 1.95 bits per heavy atom. The van der Waals surface area contributed by atoms with Crippen molar-refractivity contribution in [2.24, 2.45) is 0 Å². The van der Waals surface area contributed by atoms with Crippen LogP contribution in [0.3, 0.4) is 0 Å². The maximum absolute atomic E-state index is 12.9. The van der Waals surface area contributed by atoms with Gasteiger partial charge in [0.25, 0.3) is 5.91 Å². The SMILES string of the molecule is C=CCOc1ccc(CCC(=O)c2ccc(C(=O)N[C@@H](Cc3ccc(OCC=C)cc3)C(=O)OC)[nH]2)cc1.